The lowest BCUT2D eigenvalue weighted by atomic mass is 10.2. The van der Waals surface area contributed by atoms with Crippen molar-refractivity contribution in [2.24, 2.45) is 0 Å². The molecule has 0 radical (unpaired) electrons. The van der Waals surface area contributed by atoms with E-state index in [0.29, 0.717) is 13.2 Å². The number of piperazine rings is 1. The molecule has 1 N–H and O–H groups in total. The first-order chi connectivity index (χ1) is 9.59. The molecule has 1 unspecified atom stereocenters. The molecule has 1 heterocycles. The predicted octanol–water partition coefficient (Wildman–Crippen LogP) is 2.18. The van der Waals surface area contributed by atoms with Crippen LogP contribution in [0.15, 0.2) is 30.3 Å². The van der Waals surface area contributed by atoms with Crippen LogP contribution in [-0.2, 0) is 16.1 Å². The molecule has 0 spiro atoms. The molecule has 5 heteroatoms. The van der Waals surface area contributed by atoms with Crippen LogP contribution in [0.3, 0.4) is 0 Å². The molecule has 2 rings (SSSR count). The Hall–Kier alpha value is -0.660. The van der Waals surface area contributed by atoms with Crippen LogP contribution in [0, 0.1) is 0 Å². The predicted molar refractivity (Wildman–Crippen MR) is 87.7 cm³/mol. The van der Waals surface area contributed by atoms with Gasteiger partial charge in [-0.1, -0.05) is 52.9 Å². The lowest BCUT2D eigenvalue weighted by Crippen LogP contribution is -2.59. The topological polar surface area (TPSA) is 41.6 Å². The van der Waals surface area contributed by atoms with Gasteiger partial charge in [0, 0.05) is 26.2 Å². The summed E-state index contributed by atoms with van der Waals surface area (Å²) in [6.07, 6.45) is 0.880. The summed E-state index contributed by atoms with van der Waals surface area (Å²) in [6.45, 7) is 5.67. The number of hydrogen-bond donors (Lipinski definition) is 1. The normalized spacial score (nSPS) is 23.1. The minimum atomic E-state index is -0.457. The van der Waals surface area contributed by atoms with E-state index in [4.69, 9.17) is 4.74 Å². The van der Waals surface area contributed by atoms with Crippen molar-refractivity contribution in [1.29, 1.82) is 0 Å². The zero-order valence-corrected chi connectivity index (χ0v) is 13.9. The van der Waals surface area contributed by atoms with E-state index in [1.165, 1.54) is 5.56 Å². The van der Waals surface area contributed by atoms with Crippen LogP contribution in [0.5, 0.6) is 0 Å². The molecule has 0 saturated carbocycles. The summed E-state index contributed by atoms with van der Waals surface area (Å²) in [5, 5.41) is 3.23. The zero-order valence-electron chi connectivity index (χ0n) is 11.8. The Morgan fingerprint density at radius 2 is 2.15 bits per heavy atom. The number of halogens is 1. The number of carbonyl (C=O) groups is 1. The summed E-state index contributed by atoms with van der Waals surface area (Å²) in [4.78, 5) is 14.1. The third kappa shape index (κ3) is 4.43. The molecule has 1 aromatic carbocycles. The number of ether oxygens (including phenoxy) is 1. The monoisotopic (exact) mass is 388 g/mol. The largest absolute Gasteiger partial charge is 0.377 e. The van der Waals surface area contributed by atoms with Gasteiger partial charge in [0.2, 0.25) is 0 Å². The van der Waals surface area contributed by atoms with Crippen molar-refractivity contribution in [3.05, 3.63) is 35.9 Å². The average molecular weight is 388 g/mol. The van der Waals surface area contributed by atoms with Gasteiger partial charge < -0.3 is 9.64 Å². The molecule has 1 fully saturated rings. The van der Waals surface area contributed by atoms with Gasteiger partial charge in [0.15, 0.2) is 0 Å². The molecule has 110 valence electrons. The van der Waals surface area contributed by atoms with Crippen molar-refractivity contribution in [1.82, 2.24) is 10.2 Å². The third-order valence-electron chi connectivity index (χ3n) is 3.36. The van der Waals surface area contributed by atoms with E-state index in [0.717, 1.165) is 26.1 Å². The highest BCUT2D eigenvalue weighted by atomic mass is 127. The highest BCUT2D eigenvalue weighted by Crippen LogP contribution is 2.20. The molecule has 1 amide bonds. The summed E-state index contributed by atoms with van der Waals surface area (Å²) >= 11 is 2.17. The van der Waals surface area contributed by atoms with E-state index in [9.17, 15) is 4.79 Å². The molecule has 1 saturated heterocycles. The van der Waals surface area contributed by atoms with Crippen LogP contribution in [0.4, 0.5) is 0 Å². The smallest absolute Gasteiger partial charge is 0.252 e. The fraction of sp³-hybridized carbons (Fsp3) is 0.533. The fourth-order valence-electron chi connectivity index (χ4n) is 2.23. The number of hydrogen-bond acceptors (Lipinski definition) is 3. The van der Waals surface area contributed by atoms with Gasteiger partial charge in [-0.15, -0.1) is 0 Å². The van der Waals surface area contributed by atoms with Crippen molar-refractivity contribution in [3.63, 3.8) is 0 Å². The number of carbonyl (C=O) groups excluding carboxylic acids is 1. The molecular formula is C15H21IN2O2. The first kappa shape index (κ1) is 15.7. The standard InChI is InChI=1S/C15H21IN2O2/c1-15(16)14(19)18(10-8-17-15)9-5-11-20-12-13-6-3-2-4-7-13/h2-4,6-7,17H,5,8-12H2,1H3. The Bertz CT molecular complexity index is 437. The van der Waals surface area contributed by atoms with Crippen molar-refractivity contribution in [2.45, 2.75) is 23.5 Å². The van der Waals surface area contributed by atoms with E-state index in [1.807, 2.05) is 30.0 Å². The average Bonchev–Trinajstić information content (AvgIpc) is 2.44. The van der Waals surface area contributed by atoms with Crippen LogP contribution in [-0.4, -0.2) is 40.6 Å². The molecule has 1 aliphatic heterocycles. The maximum atomic E-state index is 12.1. The highest BCUT2D eigenvalue weighted by Gasteiger charge is 2.36. The fourth-order valence-corrected chi connectivity index (χ4v) is 2.85. The first-order valence-electron chi connectivity index (χ1n) is 6.94. The van der Waals surface area contributed by atoms with Gasteiger partial charge in [-0.25, -0.2) is 0 Å². The summed E-state index contributed by atoms with van der Waals surface area (Å²) in [5.74, 6) is 0.174. The van der Waals surface area contributed by atoms with Gasteiger partial charge in [0.1, 0.15) is 3.55 Å². The van der Waals surface area contributed by atoms with Crippen molar-refractivity contribution < 1.29 is 9.53 Å². The van der Waals surface area contributed by atoms with Crippen LogP contribution in [0.2, 0.25) is 0 Å². The Morgan fingerprint density at radius 3 is 2.90 bits per heavy atom. The van der Waals surface area contributed by atoms with E-state index in [-0.39, 0.29) is 5.91 Å². The molecule has 4 nitrogen and oxygen atoms in total. The van der Waals surface area contributed by atoms with Gasteiger partial charge in [0.05, 0.1) is 6.61 Å². The molecule has 0 bridgehead atoms. The van der Waals surface area contributed by atoms with Crippen molar-refractivity contribution in [3.8, 4) is 0 Å². The van der Waals surface area contributed by atoms with Gasteiger partial charge in [0.25, 0.3) is 5.91 Å². The molecular weight excluding hydrogens is 367 g/mol. The number of nitrogens with one attached hydrogen (secondary N) is 1. The van der Waals surface area contributed by atoms with Gasteiger partial charge in [-0.3, -0.25) is 10.1 Å². The van der Waals surface area contributed by atoms with Gasteiger partial charge in [-0.05, 0) is 18.9 Å². The number of nitrogens with zero attached hydrogens (tertiary/aromatic N) is 1. The minimum Gasteiger partial charge on any atom is -0.377 e. The molecule has 0 aromatic heterocycles. The Kier molecular flexibility index (Phi) is 5.80. The zero-order chi connectivity index (χ0) is 14.4. The maximum Gasteiger partial charge on any atom is 0.252 e. The lowest BCUT2D eigenvalue weighted by molar-refractivity contribution is -0.136. The molecule has 0 aliphatic carbocycles. The quantitative estimate of drug-likeness (QED) is 0.352. The summed E-state index contributed by atoms with van der Waals surface area (Å²) in [6, 6.07) is 10.1. The van der Waals surface area contributed by atoms with Crippen LogP contribution in [0.1, 0.15) is 18.9 Å². The summed E-state index contributed by atoms with van der Waals surface area (Å²) < 4.78 is 5.19. The summed E-state index contributed by atoms with van der Waals surface area (Å²) in [7, 11) is 0. The summed E-state index contributed by atoms with van der Waals surface area (Å²) in [5.41, 5.74) is 1.19. The second-order valence-electron chi connectivity index (χ2n) is 5.11. The van der Waals surface area contributed by atoms with Crippen LogP contribution >= 0.6 is 22.6 Å². The Labute approximate surface area is 134 Å². The molecule has 20 heavy (non-hydrogen) atoms. The Balaban J connectivity index is 1.65. The first-order valence-corrected chi connectivity index (χ1v) is 8.02. The number of benzene rings is 1. The second-order valence-corrected chi connectivity index (χ2v) is 7.27. The van der Waals surface area contributed by atoms with Crippen molar-refractivity contribution >= 4 is 28.5 Å². The van der Waals surface area contributed by atoms with Gasteiger partial charge in [-0.2, -0.15) is 0 Å². The molecule has 1 aliphatic rings. The van der Waals surface area contributed by atoms with E-state index in [1.54, 1.807) is 0 Å². The van der Waals surface area contributed by atoms with E-state index >= 15 is 0 Å². The molecule has 1 aromatic rings. The minimum absolute atomic E-state index is 0.174. The number of rotatable bonds is 6. The van der Waals surface area contributed by atoms with Crippen LogP contribution in [0.25, 0.3) is 0 Å². The SMILES string of the molecule is CC1(I)NCCN(CCCOCc2ccccc2)C1=O. The van der Waals surface area contributed by atoms with E-state index < -0.39 is 3.55 Å². The molecule has 1 atom stereocenters. The van der Waals surface area contributed by atoms with E-state index in [2.05, 4.69) is 40.0 Å². The third-order valence-corrected chi connectivity index (χ3v) is 4.20. The van der Waals surface area contributed by atoms with Gasteiger partial charge >= 0.3 is 0 Å². The Morgan fingerprint density at radius 1 is 1.40 bits per heavy atom. The second kappa shape index (κ2) is 7.38. The maximum absolute atomic E-state index is 12.1. The number of amides is 1. The lowest BCUT2D eigenvalue weighted by Gasteiger charge is -2.36. The van der Waals surface area contributed by atoms with Crippen LogP contribution < -0.4 is 5.32 Å². The number of alkyl halides is 1. The highest BCUT2D eigenvalue weighted by molar-refractivity contribution is 14.1. The van der Waals surface area contributed by atoms with Crippen molar-refractivity contribution in [2.75, 3.05) is 26.2 Å².